The van der Waals surface area contributed by atoms with Crippen molar-refractivity contribution in [3.05, 3.63) is 0 Å². The molecule has 1 amide bonds. The lowest BCUT2D eigenvalue weighted by Crippen LogP contribution is -2.42. The molecule has 0 saturated heterocycles. The van der Waals surface area contributed by atoms with Crippen LogP contribution in [0.1, 0.15) is 53.4 Å². The van der Waals surface area contributed by atoms with Crippen LogP contribution in [-0.2, 0) is 14.3 Å². The quantitative estimate of drug-likeness (QED) is 0.420. The third kappa shape index (κ3) is 11.5. The molecule has 6 heteroatoms. The number of alkyl carbamates (subject to hydrolysis) is 1. The first kappa shape index (κ1) is 17.7. The SMILES string of the molecule is CCCCOC(=O)NC(N)CCC(=O)OC(C)(C)C. The smallest absolute Gasteiger partial charge is 0.408 e. The number of carbonyl (C=O) groups excluding carboxylic acids is 2. The van der Waals surface area contributed by atoms with Crippen LogP contribution >= 0.6 is 0 Å². The van der Waals surface area contributed by atoms with E-state index in [1.54, 1.807) is 20.8 Å². The summed E-state index contributed by atoms with van der Waals surface area (Å²) in [4.78, 5) is 22.7. The highest BCUT2D eigenvalue weighted by Gasteiger charge is 2.17. The van der Waals surface area contributed by atoms with Crippen molar-refractivity contribution in [2.75, 3.05) is 6.61 Å². The number of carbonyl (C=O) groups is 2. The van der Waals surface area contributed by atoms with Gasteiger partial charge in [-0.15, -0.1) is 0 Å². The lowest BCUT2D eigenvalue weighted by Gasteiger charge is -2.20. The second-order valence-electron chi connectivity index (χ2n) is 5.37. The van der Waals surface area contributed by atoms with Gasteiger partial charge in [0.25, 0.3) is 0 Å². The molecule has 0 aromatic carbocycles. The summed E-state index contributed by atoms with van der Waals surface area (Å²) in [7, 11) is 0. The van der Waals surface area contributed by atoms with Gasteiger partial charge in [0.15, 0.2) is 0 Å². The molecular formula is C13H26N2O4. The van der Waals surface area contributed by atoms with Crippen molar-refractivity contribution in [1.82, 2.24) is 5.32 Å². The fraction of sp³-hybridized carbons (Fsp3) is 0.846. The van der Waals surface area contributed by atoms with Crippen LogP contribution in [0.2, 0.25) is 0 Å². The average molecular weight is 274 g/mol. The number of unbranched alkanes of at least 4 members (excludes halogenated alkanes) is 1. The molecular weight excluding hydrogens is 248 g/mol. The Balaban J connectivity index is 3.77. The predicted molar refractivity (Wildman–Crippen MR) is 72.4 cm³/mol. The van der Waals surface area contributed by atoms with Crippen LogP contribution in [0.4, 0.5) is 4.79 Å². The van der Waals surface area contributed by atoms with Crippen molar-refractivity contribution in [2.24, 2.45) is 5.73 Å². The van der Waals surface area contributed by atoms with Gasteiger partial charge in [-0.25, -0.2) is 4.79 Å². The summed E-state index contributed by atoms with van der Waals surface area (Å²) < 4.78 is 10.0. The molecule has 0 aromatic heterocycles. The van der Waals surface area contributed by atoms with Gasteiger partial charge in [0.1, 0.15) is 5.60 Å². The van der Waals surface area contributed by atoms with Crippen molar-refractivity contribution in [1.29, 1.82) is 0 Å². The molecule has 0 bridgehead atoms. The molecule has 6 nitrogen and oxygen atoms in total. The lowest BCUT2D eigenvalue weighted by atomic mass is 10.2. The van der Waals surface area contributed by atoms with E-state index in [-0.39, 0.29) is 12.4 Å². The van der Waals surface area contributed by atoms with Crippen LogP contribution in [0.3, 0.4) is 0 Å². The van der Waals surface area contributed by atoms with Crippen molar-refractivity contribution >= 4 is 12.1 Å². The molecule has 112 valence electrons. The first-order valence-corrected chi connectivity index (χ1v) is 6.65. The highest BCUT2D eigenvalue weighted by atomic mass is 16.6. The van der Waals surface area contributed by atoms with E-state index < -0.39 is 17.9 Å². The molecule has 1 unspecified atom stereocenters. The van der Waals surface area contributed by atoms with Crippen molar-refractivity contribution in [3.63, 3.8) is 0 Å². The van der Waals surface area contributed by atoms with Crippen LogP contribution in [0.25, 0.3) is 0 Å². The van der Waals surface area contributed by atoms with Gasteiger partial charge in [-0.1, -0.05) is 13.3 Å². The highest BCUT2D eigenvalue weighted by Crippen LogP contribution is 2.09. The summed E-state index contributed by atoms with van der Waals surface area (Å²) >= 11 is 0. The average Bonchev–Trinajstić information content (AvgIpc) is 2.24. The maximum atomic E-state index is 11.4. The van der Waals surface area contributed by atoms with E-state index in [4.69, 9.17) is 15.2 Å². The molecule has 3 N–H and O–H groups in total. The zero-order chi connectivity index (χ0) is 14.9. The minimum Gasteiger partial charge on any atom is -0.460 e. The number of esters is 1. The molecule has 0 fully saturated rings. The molecule has 19 heavy (non-hydrogen) atoms. The second kappa shape index (κ2) is 8.74. The maximum absolute atomic E-state index is 11.4. The van der Waals surface area contributed by atoms with Crippen LogP contribution in [0.5, 0.6) is 0 Å². The molecule has 0 aromatic rings. The van der Waals surface area contributed by atoms with Gasteiger partial charge in [0.2, 0.25) is 0 Å². The summed E-state index contributed by atoms with van der Waals surface area (Å²) in [5.41, 5.74) is 5.16. The number of nitrogens with one attached hydrogen (secondary N) is 1. The summed E-state index contributed by atoms with van der Waals surface area (Å²) in [6.45, 7) is 7.78. The van der Waals surface area contributed by atoms with Crippen LogP contribution in [-0.4, -0.2) is 30.4 Å². The normalized spacial score (nSPS) is 12.7. The molecule has 0 rings (SSSR count). The van der Waals surface area contributed by atoms with E-state index >= 15 is 0 Å². The Morgan fingerprint density at radius 3 is 2.47 bits per heavy atom. The Morgan fingerprint density at radius 2 is 1.95 bits per heavy atom. The highest BCUT2D eigenvalue weighted by molar-refractivity contribution is 5.70. The fourth-order valence-electron chi connectivity index (χ4n) is 1.24. The number of hydrogen-bond donors (Lipinski definition) is 2. The summed E-state index contributed by atoms with van der Waals surface area (Å²) in [6.07, 6.45) is 1.09. The van der Waals surface area contributed by atoms with E-state index in [0.717, 1.165) is 12.8 Å². The Bertz CT molecular complexity index is 287. The van der Waals surface area contributed by atoms with E-state index in [1.807, 2.05) is 6.92 Å². The molecule has 0 radical (unpaired) electrons. The number of amides is 1. The molecule has 0 aliphatic heterocycles. The monoisotopic (exact) mass is 274 g/mol. The van der Waals surface area contributed by atoms with Gasteiger partial charge in [-0.2, -0.15) is 0 Å². The molecule has 0 spiro atoms. The van der Waals surface area contributed by atoms with Crippen molar-refractivity contribution in [3.8, 4) is 0 Å². The fourth-order valence-corrected chi connectivity index (χ4v) is 1.24. The first-order chi connectivity index (χ1) is 8.74. The first-order valence-electron chi connectivity index (χ1n) is 6.65. The lowest BCUT2D eigenvalue weighted by molar-refractivity contribution is -0.155. The minimum atomic E-state index is -0.610. The standard InChI is InChI=1S/C13H26N2O4/c1-5-6-9-18-12(17)15-10(14)7-8-11(16)19-13(2,3)4/h10H,5-9,14H2,1-4H3,(H,15,17). The van der Waals surface area contributed by atoms with Gasteiger partial charge < -0.3 is 20.5 Å². The summed E-state index contributed by atoms with van der Waals surface area (Å²) in [5.74, 6) is -0.330. The Hall–Kier alpha value is -1.30. The summed E-state index contributed by atoms with van der Waals surface area (Å²) in [5, 5.41) is 2.47. The third-order valence-electron chi connectivity index (χ3n) is 2.11. The number of nitrogens with two attached hydrogens (primary N) is 1. The zero-order valence-corrected chi connectivity index (χ0v) is 12.3. The molecule has 0 saturated carbocycles. The molecule has 0 aliphatic carbocycles. The van der Waals surface area contributed by atoms with Gasteiger partial charge in [-0.3, -0.25) is 4.79 Å². The Kier molecular flexibility index (Phi) is 8.14. The van der Waals surface area contributed by atoms with Gasteiger partial charge in [-0.05, 0) is 33.6 Å². The van der Waals surface area contributed by atoms with E-state index in [9.17, 15) is 9.59 Å². The zero-order valence-electron chi connectivity index (χ0n) is 12.3. The third-order valence-corrected chi connectivity index (χ3v) is 2.11. The predicted octanol–water partition coefficient (Wildman–Crippen LogP) is 1.92. The number of hydrogen-bond acceptors (Lipinski definition) is 5. The Morgan fingerprint density at radius 1 is 1.32 bits per heavy atom. The molecule has 0 aliphatic rings. The van der Waals surface area contributed by atoms with E-state index in [2.05, 4.69) is 5.32 Å². The topological polar surface area (TPSA) is 90.6 Å². The number of ether oxygens (including phenoxy) is 2. The van der Waals surface area contributed by atoms with Gasteiger partial charge in [0.05, 0.1) is 12.8 Å². The largest absolute Gasteiger partial charge is 0.460 e. The van der Waals surface area contributed by atoms with Gasteiger partial charge in [0, 0.05) is 6.42 Å². The summed E-state index contributed by atoms with van der Waals surface area (Å²) in [6, 6.07) is 0. The van der Waals surface area contributed by atoms with Crippen LogP contribution < -0.4 is 11.1 Å². The number of rotatable bonds is 7. The van der Waals surface area contributed by atoms with Crippen LogP contribution in [0, 0.1) is 0 Å². The molecule has 1 atom stereocenters. The van der Waals surface area contributed by atoms with Crippen LogP contribution in [0.15, 0.2) is 0 Å². The Labute approximate surface area is 115 Å². The van der Waals surface area contributed by atoms with Crippen molar-refractivity contribution in [2.45, 2.75) is 65.1 Å². The van der Waals surface area contributed by atoms with Gasteiger partial charge >= 0.3 is 12.1 Å². The van der Waals surface area contributed by atoms with Crippen molar-refractivity contribution < 1.29 is 19.1 Å². The second-order valence-corrected chi connectivity index (χ2v) is 5.37. The van der Waals surface area contributed by atoms with E-state index in [0.29, 0.717) is 13.0 Å². The maximum Gasteiger partial charge on any atom is 0.408 e. The molecule has 0 heterocycles. The van der Waals surface area contributed by atoms with E-state index in [1.165, 1.54) is 0 Å². The minimum absolute atomic E-state index is 0.160.